The minimum atomic E-state index is -0.300. The number of amides is 1. The van der Waals surface area contributed by atoms with Gasteiger partial charge in [0.25, 0.3) is 5.56 Å². The second-order valence-corrected chi connectivity index (χ2v) is 5.30. The fourth-order valence-corrected chi connectivity index (χ4v) is 2.44. The largest absolute Gasteiger partial charge is 0.480 e. The first kappa shape index (κ1) is 15.9. The molecule has 3 rings (SSSR count). The van der Waals surface area contributed by atoms with E-state index in [0.717, 1.165) is 4.68 Å². The number of likely N-dealkylation sites (tertiary alicyclic amines) is 1. The van der Waals surface area contributed by atoms with Crippen LogP contribution in [0.1, 0.15) is 6.42 Å². The summed E-state index contributed by atoms with van der Waals surface area (Å²) in [4.78, 5) is 25.5. The lowest BCUT2D eigenvalue weighted by Crippen LogP contribution is -2.36. The minimum absolute atomic E-state index is 0.0747. The highest BCUT2D eigenvalue weighted by atomic mass is 16.5. The minimum Gasteiger partial charge on any atom is -0.480 e. The van der Waals surface area contributed by atoms with Gasteiger partial charge in [-0.1, -0.05) is 0 Å². The van der Waals surface area contributed by atoms with Gasteiger partial charge in [0.05, 0.1) is 13.7 Å². The second kappa shape index (κ2) is 7.07. The summed E-state index contributed by atoms with van der Waals surface area (Å²) in [6, 6.07) is 6.24. The van der Waals surface area contributed by atoms with Gasteiger partial charge in [0, 0.05) is 37.4 Å². The van der Waals surface area contributed by atoms with Gasteiger partial charge in [0.1, 0.15) is 12.6 Å². The molecule has 1 saturated heterocycles. The molecule has 9 nitrogen and oxygen atoms in total. The molecule has 1 aliphatic heterocycles. The Morgan fingerprint density at radius 1 is 1.29 bits per heavy atom. The van der Waals surface area contributed by atoms with E-state index < -0.39 is 0 Å². The standard InChI is InChI=1S/C15H17N5O4/c1-23-12-4-5-13(18-17-12)24-11-6-8-19(9-11)15(22)10-20-14(21)3-2-7-16-20/h2-5,7,11H,6,8-10H2,1H3. The second-order valence-electron chi connectivity index (χ2n) is 5.30. The van der Waals surface area contributed by atoms with E-state index in [2.05, 4.69) is 15.3 Å². The van der Waals surface area contributed by atoms with E-state index >= 15 is 0 Å². The van der Waals surface area contributed by atoms with Crippen LogP contribution >= 0.6 is 0 Å². The first-order chi connectivity index (χ1) is 11.7. The Bertz CT molecular complexity index is 761. The lowest BCUT2D eigenvalue weighted by molar-refractivity contribution is -0.131. The quantitative estimate of drug-likeness (QED) is 0.743. The van der Waals surface area contributed by atoms with Crippen LogP contribution in [0.15, 0.2) is 35.3 Å². The number of rotatable bonds is 5. The Morgan fingerprint density at radius 2 is 2.08 bits per heavy atom. The summed E-state index contributed by atoms with van der Waals surface area (Å²) in [5, 5.41) is 11.6. The molecule has 1 fully saturated rings. The predicted molar refractivity (Wildman–Crippen MR) is 82.7 cm³/mol. The maximum Gasteiger partial charge on any atom is 0.267 e. The van der Waals surface area contributed by atoms with Gasteiger partial charge in [-0.15, -0.1) is 10.2 Å². The van der Waals surface area contributed by atoms with Crippen molar-refractivity contribution in [1.29, 1.82) is 0 Å². The predicted octanol–water partition coefficient (Wildman–Crippen LogP) is -0.278. The zero-order valence-corrected chi connectivity index (χ0v) is 13.2. The highest BCUT2D eigenvalue weighted by molar-refractivity contribution is 5.76. The zero-order valence-electron chi connectivity index (χ0n) is 13.2. The van der Waals surface area contributed by atoms with E-state index in [1.54, 1.807) is 23.1 Å². The summed E-state index contributed by atoms with van der Waals surface area (Å²) in [5.41, 5.74) is -0.300. The smallest absolute Gasteiger partial charge is 0.267 e. The highest BCUT2D eigenvalue weighted by Crippen LogP contribution is 2.17. The van der Waals surface area contributed by atoms with Gasteiger partial charge in [-0.2, -0.15) is 5.10 Å². The van der Waals surface area contributed by atoms with Crippen LogP contribution in [-0.2, 0) is 11.3 Å². The van der Waals surface area contributed by atoms with E-state index in [9.17, 15) is 9.59 Å². The first-order valence-corrected chi connectivity index (χ1v) is 7.50. The van der Waals surface area contributed by atoms with Gasteiger partial charge in [-0.3, -0.25) is 9.59 Å². The van der Waals surface area contributed by atoms with Crippen LogP contribution < -0.4 is 15.0 Å². The van der Waals surface area contributed by atoms with Crippen molar-refractivity contribution < 1.29 is 14.3 Å². The molecule has 0 radical (unpaired) electrons. The average Bonchev–Trinajstić information content (AvgIpc) is 3.06. The number of aromatic nitrogens is 4. The van der Waals surface area contributed by atoms with E-state index in [1.807, 2.05) is 0 Å². The number of hydrogen-bond donors (Lipinski definition) is 0. The van der Waals surface area contributed by atoms with Gasteiger partial charge in [0.15, 0.2) is 0 Å². The summed E-state index contributed by atoms with van der Waals surface area (Å²) in [6.45, 7) is 0.928. The number of hydrogen-bond acceptors (Lipinski definition) is 7. The molecular weight excluding hydrogens is 314 g/mol. The maximum atomic E-state index is 12.3. The van der Waals surface area contributed by atoms with Crippen LogP contribution in [0.2, 0.25) is 0 Å². The van der Waals surface area contributed by atoms with Crippen LogP contribution in [0.5, 0.6) is 11.8 Å². The van der Waals surface area contributed by atoms with E-state index in [-0.39, 0.29) is 24.1 Å². The fraction of sp³-hybridized carbons (Fsp3) is 0.400. The molecule has 1 amide bonds. The van der Waals surface area contributed by atoms with E-state index in [1.165, 1.54) is 19.4 Å². The van der Waals surface area contributed by atoms with Gasteiger partial charge in [-0.25, -0.2) is 4.68 Å². The molecule has 1 unspecified atom stereocenters. The third-order valence-electron chi connectivity index (χ3n) is 3.68. The molecule has 0 bridgehead atoms. The Balaban J connectivity index is 1.55. The molecule has 126 valence electrons. The molecule has 0 saturated carbocycles. The van der Waals surface area contributed by atoms with Crippen molar-refractivity contribution in [3.05, 3.63) is 40.8 Å². The van der Waals surface area contributed by atoms with Crippen molar-refractivity contribution in [3.8, 4) is 11.8 Å². The van der Waals surface area contributed by atoms with Crippen molar-refractivity contribution in [1.82, 2.24) is 24.9 Å². The number of carbonyl (C=O) groups is 1. The lowest BCUT2D eigenvalue weighted by atomic mass is 10.3. The van der Waals surface area contributed by atoms with E-state index in [0.29, 0.717) is 31.3 Å². The van der Waals surface area contributed by atoms with Crippen LogP contribution in [0.25, 0.3) is 0 Å². The molecule has 2 aromatic rings. The van der Waals surface area contributed by atoms with Gasteiger partial charge >= 0.3 is 0 Å². The molecule has 1 atom stereocenters. The molecule has 0 spiro atoms. The zero-order chi connectivity index (χ0) is 16.9. The van der Waals surface area contributed by atoms with Crippen molar-refractivity contribution in [2.24, 2.45) is 0 Å². The molecule has 3 heterocycles. The molecule has 2 aromatic heterocycles. The normalized spacial score (nSPS) is 16.9. The number of methoxy groups -OCH3 is 1. The lowest BCUT2D eigenvalue weighted by Gasteiger charge is -2.17. The molecular formula is C15H17N5O4. The Hall–Kier alpha value is -2.97. The summed E-state index contributed by atoms with van der Waals surface area (Å²) in [7, 11) is 1.51. The summed E-state index contributed by atoms with van der Waals surface area (Å²) in [5.74, 6) is 0.630. The maximum absolute atomic E-state index is 12.3. The first-order valence-electron chi connectivity index (χ1n) is 7.50. The Labute approximate surface area is 137 Å². The van der Waals surface area contributed by atoms with Crippen molar-refractivity contribution in [3.63, 3.8) is 0 Å². The topological polar surface area (TPSA) is 99.4 Å². The molecule has 0 aromatic carbocycles. The number of carbonyl (C=O) groups excluding carboxylic acids is 1. The fourth-order valence-electron chi connectivity index (χ4n) is 2.44. The third-order valence-corrected chi connectivity index (χ3v) is 3.68. The SMILES string of the molecule is COc1ccc(OC2CCN(C(=O)Cn3ncccc3=O)C2)nn1. The van der Waals surface area contributed by atoms with Crippen LogP contribution in [0, 0.1) is 0 Å². The van der Waals surface area contributed by atoms with E-state index in [4.69, 9.17) is 9.47 Å². The Morgan fingerprint density at radius 3 is 2.79 bits per heavy atom. The average molecular weight is 331 g/mol. The van der Waals surface area contributed by atoms with Crippen LogP contribution in [0.4, 0.5) is 0 Å². The highest BCUT2D eigenvalue weighted by Gasteiger charge is 2.28. The van der Waals surface area contributed by atoms with Crippen LogP contribution in [-0.4, -0.2) is 57.1 Å². The van der Waals surface area contributed by atoms with Gasteiger partial charge in [-0.05, 0) is 6.07 Å². The molecule has 0 aliphatic carbocycles. The van der Waals surface area contributed by atoms with Gasteiger partial charge in [0.2, 0.25) is 17.7 Å². The molecule has 24 heavy (non-hydrogen) atoms. The number of nitrogens with zero attached hydrogens (tertiary/aromatic N) is 5. The third kappa shape index (κ3) is 3.67. The van der Waals surface area contributed by atoms with Crippen molar-refractivity contribution >= 4 is 5.91 Å². The summed E-state index contributed by atoms with van der Waals surface area (Å²) >= 11 is 0. The summed E-state index contributed by atoms with van der Waals surface area (Å²) < 4.78 is 11.8. The molecule has 1 aliphatic rings. The van der Waals surface area contributed by atoms with Crippen molar-refractivity contribution in [2.75, 3.05) is 20.2 Å². The monoisotopic (exact) mass is 331 g/mol. The van der Waals surface area contributed by atoms with Gasteiger partial charge < -0.3 is 14.4 Å². The molecule has 0 N–H and O–H groups in total. The number of ether oxygens (including phenoxy) is 2. The summed E-state index contributed by atoms with van der Waals surface area (Å²) in [6.07, 6.45) is 2.01. The molecule has 9 heteroatoms. The Kier molecular flexibility index (Phi) is 4.69. The van der Waals surface area contributed by atoms with Crippen molar-refractivity contribution in [2.45, 2.75) is 19.1 Å². The van der Waals surface area contributed by atoms with Crippen LogP contribution in [0.3, 0.4) is 0 Å².